The van der Waals surface area contributed by atoms with Crippen molar-refractivity contribution in [2.24, 2.45) is 0 Å². The molecule has 0 aromatic heterocycles. The Bertz CT molecular complexity index is 328. The molecule has 0 N–H and O–H groups in total. The maximum Gasteiger partial charge on any atom is 0.194 e. The summed E-state index contributed by atoms with van der Waals surface area (Å²) in [5, 5.41) is 0.622. The predicted molar refractivity (Wildman–Crippen MR) is 56.9 cm³/mol. The Morgan fingerprint density at radius 1 is 1.29 bits per heavy atom. The summed E-state index contributed by atoms with van der Waals surface area (Å²) in [7, 11) is 1.52. The summed E-state index contributed by atoms with van der Waals surface area (Å²) in [6.45, 7) is 3.48. The van der Waals surface area contributed by atoms with Gasteiger partial charge in [0.2, 0.25) is 0 Å². The second-order valence-electron chi connectivity index (χ2n) is 3.55. The van der Waals surface area contributed by atoms with E-state index in [-0.39, 0.29) is 5.78 Å². The zero-order valence-corrected chi connectivity index (χ0v) is 9.26. The third-order valence-corrected chi connectivity index (χ3v) is 2.42. The van der Waals surface area contributed by atoms with E-state index in [1.165, 1.54) is 7.11 Å². The Balaban J connectivity index is 2.96. The molecule has 0 radical (unpaired) electrons. The summed E-state index contributed by atoms with van der Waals surface area (Å²) in [6.07, 6.45) is 0. The van der Waals surface area contributed by atoms with Crippen molar-refractivity contribution in [3.8, 4) is 0 Å². The number of hydrogen-bond donors (Lipinski definition) is 0. The van der Waals surface area contributed by atoms with Crippen molar-refractivity contribution >= 4 is 17.4 Å². The van der Waals surface area contributed by atoms with Gasteiger partial charge in [0.25, 0.3) is 0 Å². The molecule has 0 fully saturated rings. The van der Waals surface area contributed by atoms with Crippen LogP contribution in [0, 0.1) is 0 Å². The van der Waals surface area contributed by atoms with Gasteiger partial charge in [-0.2, -0.15) is 0 Å². The average Bonchev–Trinajstić information content (AvgIpc) is 2.18. The van der Waals surface area contributed by atoms with Crippen LogP contribution in [0.25, 0.3) is 0 Å². The van der Waals surface area contributed by atoms with Crippen molar-refractivity contribution < 1.29 is 9.53 Å². The van der Waals surface area contributed by atoms with Gasteiger partial charge in [0.15, 0.2) is 5.78 Å². The molecule has 0 amide bonds. The van der Waals surface area contributed by atoms with Crippen LogP contribution in [0.5, 0.6) is 0 Å². The van der Waals surface area contributed by atoms with E-state index in [0.717, 1.165) is 0 Å². The minimum Gasteiger partial charge on any atom is -0.371 e. The summed E-state index contributed by atoms with van der Waals surface area (Å²) in [4.78, 5) is 11.8. The van der Waals surface area contributed by atoms with E-state index in [1.54, 1.807) is 38.1 Å². The van der Waals surface area contributed by atoms with Crippen LogP contribution >= 0.6 is 11.6 Å². The zero-order chi connectivity index (χ0) is 10.8. The number of methoxy groups -OCH3 is 1. The first-order valence-corrected chi connectivity index (χ1v) is 4.70. The number of rotatable bonds is 3. The minimum atomic E-state index is -0.784. The van der Waals surface area contributed by atoms with Crippen molar-refractivity contribution in [1.29, 1.82) is 0 Å². The summed E-state index contributed by atoms with van der Waals surface area (Å²) >= 11 is 5.72. The second-order valence-corrected chi connectivity index (χ2v) is 3.99. The highest BCUT2D eigenvalue weighted by Crippen LogP contribution is 2.18. The molecule has 14 heavy (non-hydrogen) atoms. The standard InChI is InChI=1S/C11H13ClO2/c1-11(2,14-3)10(13)8-4-6-9(12)7-5-8/h4-7H,1-3H3. The molecule has 0 saturated heterocycles. The maximum atomic E-state index is 11.8. The SMILES string of the molecule is COC(C)(C)C(=O)c1ccc(Cl)cc1. The van der Waals surface area contributed by atoms with Crippen LogP contribution in [-0.2, 0) is 4.74 Å². The molecule has 0 unspecified atom stereocenters. The molecule has 0 atom stereocenters. The second kappa shape index (κ2) is 4.11. The number of Topliss-reactive ketones (excluding diaryl/α,β-unsaturated/α-hetero) is 1. The first kappa shape index (κ1) is 11.2. The van der Waals surface area contributed by atoms with Gasteiger partial charge in [0.05, 0.1) is 0 Å². The highest BCUT2D eigenvalue weighted by atomic mass is 35.5. The number of ketones is 1. The van der Waals surface area contributed by atoms with Gasteiger partial charge in [-0.15, -0.1) is 0 Å². The fourth-order valence-corrected chi connectivity index (χ4v) is 1.17. The highest BCUT2D eigenvalue weighted by Gasteiger charge is 2.27. The fraction of sp³-hybridized carbons (Fsp3) is 0.364. The molecule has 1 aromatic carbocycles. The third kappa shape index (κ3) is 2.34. The summed E-state index contributed by atoms with van der Waals surface area (Å²) in [5.41, 5.74) is -0.172. The van der Waals surface area contributed by atoms with Gasteiger partial charge in [-0.1, -0.05) is 11.6 Å². The number of carbonyl (C=O) groups is 1. The predicted octanol–water partition coefficient (Wildman–Crippen LogP) is 2.95. The Labute approximate surface area is 88.8 Å². The molecule has 76 valence electrons. The third-order valence-electron chi connectivity index (χ3n) is 2.16. The molecule has 3 heteroatoms. The van der Waals surface area contributed by atoms with Crippen molar-refractivity contribution in [2.75, 3.05) is 7.11 Å². The van der Waals surface area contributed by atoms with Crippen LogP contribution in [0.1, 0.15) is 24.2 Å². The zero-order valence-electron chi connectivity index (χ0n) is 8.50. The van der Waals surface area contributed by atoms with Gasteiger partial charge >= 0.3 is 0 Å². The molecular formula is C11H13ClO2. The van der Waals surface area contributed by atoms with Gasteiger partial charge in [-0.05, 0) is 38.1 Å². The lowest BCUT2D eigenvalue weighted by molar-refractivity contribution is 0.0228. The molecule has 0 bridgehead atoms. The van der Waals surface area contributed by atoms with E-state index < -0.39 is 5.60 Å². The molecule has 0 saturated carbocycles. The molecule has 1 rings (SSSR count). The van der Waals surface area contributed by atoms with E-state index in [2.05, 4.69) is 0 Å². The fourth-order valence-electron chi connectivity index (χ4n) is 1.04. The van der Waals surface area contributed by atoms with Gasteiger partial charge in [0, 0.05) is 17.7 Å². The van der Waals surface area contributed by atoms with E-state index >= 15 is 0 Å². The van der Waals surface area contributed by atoms with Crippen LogP contribution < -0.4 is 0 Å². The van der Waals surface area contributed by atoms with Crippen LogP contribution in [0.15, 0.2) is 24.3 Å². The average molecular weight is 213 g/mol. The quantitative estimate of drug-likeness (QED) is 0.721. The summed E-state index contributed by atoms with van der Waals surface area (Å²) in [6, 6.07) is 6.79. The van der Waals surface area contributed by atoms with Crippen LogP contribution in [-0.4, -0.2) is 18.5 Å². The number of hydrogen-bond acceptors (Lipinski definition) is 2. The maximum absolute atomic E-state index is 11.8. The lowest BCUT2D eigenvalue weighted by Gasteiger charge is -2.20. The lowest BCUT2D eigenvalue weighted by Crippen LogP contribution is -2.33. The Hall–Kier alpha value is -0.860. The highest BCUT2D eigenvalue weighted by molar-refractivity contribution is 6.30. The van der Waals surface area contributed by atoms with Crippen LogP contribution in [0.2, 0.25) is 5.02 Å². The topological polar surface area (TPSA) is 26.3 Å². The van der Waals surface area contributed by atoms with Crippen molar-refractivity contribution in [2.45, 2.75) is 19.4 Å². The van der Waals surface area contributed by atoms with Gasteiger partial charge in [0.1, 0.15) is 5.60 Å². The summed E-state index contributed by atoms with van der Waals surface area (Å²) < 4.78 is 5.10. The smallest absolute Gasteiger partial charge is 0.194 e. The number of benzene rings is 1. The number of ether oxygens (including phenoxy) is 1. The Morgan fingerprint density at radius 2 is 1.79 bits per heavy atom. The first-order valence-electron chi connectivity index (χ1n) is 4.33. The van der Waals surface area contributed by atoms with Gasteiger partial charge < -0.3 is 4.74 Å². The molecule has 0 spiro atoms. The molecule has 0 heterocycles. The molecular weight excluding hydrogens is 200 g/mol. The molecule has 0 aliphatic rings. The van der Waals surface area contributed by atoms with Gasteiger partial charge in [-0.25, -0.2) is 0 Å². The van der Waals surface area contributed by atoms with Crippen molar-refractivity contribution in [3.05, 3.63) is 34.9 Å². The van der Waals surface area contributed by atoms with Gasteiger partial charge in [-0.3, -0.25) is 4.79 Å². The molecule has 0 aliphatic heterocycles. The van der Waals surface area contributed by atoms with E-state index in [4.69, 9.17) is 16.3 Å². The number of carbonyl (C=O) groups excluding carboxylic acids is 1. The largest absolute Gasteiger partial charge is 0.371 e. The first-order chi connectivity index (χ1) is 6.47. The molecule has 1 aromatic rings. The molecule has 0 aliphatic carbocycles. The van der Waals surface area contributed by atoms with E-state index in [9.17, 15) is 4.79 Å². The van der Waals surface area contributed by atoms with Crippen LogP contribution in [0.4, 0.5) is 0 Å². The number of halogens is 1. The lowest BCUT2D eigenvalue weighted by atomic mass is 9.97. The molecule has 2 nitrogen and oxygen atoms in total. The normalized spacial score (nSPS) is 11.4. The summed E-state index contributed by atoms with van der Waals surface area (Å²) in [5.74, 6) is -0.0448. The Kier molecular flexibility index (Phi) is 3.29. The minimum absolute atomic E-state index is 0.0448. The van der Waals surface area contributed by atoms with Crippen LogP contribution in [0.3, 0.4) is 0 Å². The van der Waals surface area contributed by atoms with E-state index in [0.29, 0.717) is 10.6 Å². The monoisotopic (exact) mass is 212 g/mol. The van der Waals surface area contributed by atoms with E-state index in [1.807, 2.05) is 0 Å². The van der Waals surface area contributed by atoms with Crippen molar-refractivity contribution in [3.63, 3.8) is 0 Å². The Morgan fingerprint density at radius 3 is 2.21 bits per heavy atom. The van der Waals surface area contributed by atoms with Crippen molar-refractivity contribution in [1.82, 2.24) is 0 Å².